The molecule has 1 aliphatic rings. The van der Waals surface area contributed by atoms with Gasteiger partial charge >= 0.3 is 0 Å². The third-order valence-electron chi connectivity index (χ3n) is 3.68. The summed E-state index contributed by atoms with van der Waals surface area (Å²) in [7, 11) is 0. The molecule has 0 saturated carbocycles. The highest BCUT2D eigenvalue weighted by Crippen LogP contribution is 2.23. The molecule has 4 nitrogen and oxygen atoms in total. The van der Waals surface area contributed by atoms with E-state index in [9.17, 15) is 4.79 Å². The predicted octanol–water partition coefficient (Wildman–Crippen LogP) is 3.20. The average Bonchev–Trinajstić information content (AvgIpc) is 2.87. The van der Waals surface area contributed by atoms with Crippen molar-refractivity contribution in [1.29, 1.82) is 0 Å². The molecule has 1 amide bonds. The molecule has 0 bridgehead atoms. The van der Waals surface area contributed by atoms with Crippen molar-refractivity contribution < 1.29 is 9.32 Å². The molecule has 2 heterocycles. The number of rotatable bonds is 3. The Bertz CT molecular complexity index is 412. The van der Waals surface area contributed by atoms with Crippen molar-refractivity contribution in [3.63, 3.8) is 0 Å². The van der Waals surface area contributed by atoms with Gasteiger partial charge in [-0.1, -0.05) is 25.9 Å². The number of carbonyl (C=O) groups excluding carboxylic acids is 1. The van der Waals surface area contributed by atoms with Crippen LogP contribution in [0.3, 0.4) is 0 Å². The Kier molecular flexibility index (Phi) is 4.04. The molecule has 1 aliphatic heterocycles. The molecule has 1 unspecified atom stereocenters. The quantitative estimate of drug-likeness (QED) is 0.827. The van der Waals surface area contributed by atoms with Gasteiger partial charge in [0, 0.05) is 24.6 Å². The van der Waals surface area contributed by atoms with Crippen molar-refractivity contribution in [2.45, 2.75) is 58.4 Å². The lowest BCUT2D eigenvalue weighted by atomic mass is 9.99. The largest absolute Gasteiger partial charge is 0.360 e. The van der Waals surface area contributed by atoms with Crippen LogP contribution in [0.5, 0.6) is 0 Å². The first-order valence-corrected chi connectivity index (χ1v) is 6.91. The summed E-state index contributed by atoms with van der Waals surface area (Å²) >= 11 is 0. The van der Waals surface area contributed by atoms with Gasteiger partial charge < -0.3 is 9.42 Å². The summed E-state index contributed by atoms with van der Waals surface area (Å²) < 4.78 is 5.21. The fourth-order valence-corrected chi connectivity index (χ4v) is 2.50. The van der Waals surface area contributed by atoms with E-state index in [4.69, 9.17) is 4.52 Å². The molecule has 0 aromatic carbocycles. The van der Waals surface area contributed by atoms with E-state index in [1.807, 2.05) is 18.7 Å². The fraction of sp³-hybridized carbons (Fsp3) is 0.714. The maximum Gasteiger partial charge on any atom is 0.276 e. The van der Waals surface area contributed by atoms with E-state index >= 15 is 0 Å². The van der Waals surface area contributed by atoms with Crippen LogP contribution >= 0.6 is 0 Å². The van der Waals surface area contributed by atoms with E-state index in [0.717, 1.165) is 31.6 Å². The predicted molar refractivity (Wildman–Crippen MR) is 69.6 cm³/mol. The molecule has 0 spiro atoms. The number of aromatic nitrogens is 1. The molecule has 1 saturated heterocycles. The van der Waals surface area contributed by atoms with E-state index in [-0.39, 0.29) is 11.8 Å². The number of hydrogen-bond donors (Lipinski definition) is 0. The van der Waals surface area contributed by atoms with Gasteiger partial charge in [0.1, 0.15) is 5.76 Å². The van der Waals surface area contributed by atoms with Gasteiger partial charge in [-0.2, -0.15) is 0 Å². The third kappa shape index (κ3) is 2.57. The minimum atomic E-state index is 0.0252. The van der Waals surface area contributed by atoms with Crippen LogP contribution in [0.15, 0.2) is 10.6 Å². The molecule has 1 atom stereocenters. The molecule has 0 radical (unpaired) electrons. The van der Waals surface area contributed by atoms with Crippen molar-refractivity contribution in [1.82, 2.24) is 10.1 Å². The number of piperidine rings is 1. The van der Waals surface area contributed by atoms with Crippen LogP contribution in [0.25, 0.3) is 0 Å². The molecular weight excluding hydrogens is 228 g/mol. The zero-order valence-electron chi connectivity index (χ0n) is 11.5. The van der Waals surface area contributed by atoms with Gasteiger partial charge in [-0.05, 0) is 25.7 Å². The zero-order valence-corrected chi connectivity index (χ0v) is 11.5. The smallest absolute Gasteiger partial charge is 0.276 e. The summed E-state index contributed by atoms with van der Waals surface area (Å²) in [5.74, 6) is 1.07. The second-order valence-electron chi connectivity index (χ2n) is 5.33. The number of hydrogen-bond acceptors (Lipinski definition) is 3. The van der Waals surface area contributed by atoms with E-state index in [1.54, 1.807) is 6.07 Å². The first-order chi connectivity index (χ1) is 8.63. The first-order valence-electron chi connectivity index (χ1n) is 6.91. The first kappa shape index (κ1) is 13.1. The van der Waals surface area contributed by atoms with Crippen LogP contribution in [0.2, 0.25) is 0 Å². The van der Waals surface area contributed by atoms with Gasteiger partial charge in [-0.3, -0.25) is 4.79 Å². The molecule has 0 N–H and O–H groups in total. The standard InChI is InChI=1S/C14H22N2O2/c1-4-11-7-5-6-8-16(11)14(17)12-9-13(10(2)3)18-15-12/h9-11H,4-8H2,1-3H3. The summed E-state index contributed by atoms with van der Waals surface area (Å²) in [6.07, 6.45) is 4.44. The minimum Gasteiger partial charge on any atom is -0.360 e. The summed E-state index contributed by atoms with van der Waals surface area (Å²) in [6.45, 7) is 7.05. The molecule has 1 aromatic rings. The zero-order chi connectivity index (χ0) is 13.1. The Morgan fingerprint density at radius 1 is 1.56 bits per heavy atom. The topological polar surface area (TPSA) is 46.3 Å². The van der Waals surface area contributed by atoms with E-state index in [2.05, 4.69) is 12.1 Å². The fourth-order valence-electron chi connectivity index (χ4n) is 2.50. The van der Waals surface area contributed by atoms with Crippen LogP contribution in [0.1, 0.15) is 68.6 Å². The molecule has 4 heteroatoms. The average molecular weight is 250 g/mol. The van der Waals surface area contributed by atoms with Crippen molar-refractivity contribution in [3.05, 3.63) is 17.5 Å². The Labute approximate surface area is 108 Å². The van der Waals surface area contributed by atoms with Gasteiger partial charge in [0.2, 0.25) is 0 Å². The highest BCUT2D eigenvalue weighted by molar-refractivity contribution is 5.92. The molecular formula is C14H22N2O2. The molecule has 1 fully saturated rings. The van der Waals surface area contributed by atoms with Crippen LogP contribution in [0, 0.1) is 0 Å². The molecule has 2 rings (SSSR count). The van der Waals surface area contributed by atoms with Crippen molar-refractivity contribution >= 4 is 5.91 Å². The Morgan fingerprint density at radius 2 is 2.33 bits per heavy atom. The van der Waals surface area contributed by atoms with Crippen molar-refractivity contribution in [2.24, 2.45) is 0 Å². The van der Waals surface area contributed by atoms with Crippen molar-refractivity contribution in [3.8, 4) is 0 Å². The van der Waals surface area contributed by atoms with E-state index in [1.165, 1.54) is 6.42 Å². The molecule has 18 heavy (non-hydrogen) atoms. The Balaban J connectivity index is 2.13. The van der Waals surface area contributed by atoms with Gasteiger partial charge in [0.05, 0.1) is 0 Å². The van der Waals surface area contributed by atoms with Crippen LogP contribution in [-0.4, -0.2) is 28.6 Å². The monoisotopic (exact) mass is 250 g/mol. The number of likely N-dealkylation sites (tertiary alicyclic amines) is 1. The highest BCUT2D eigenvalue weighted by Gasteiger charge is 2.28. The Morgan fingerprint density at radius 3 is 2.94 bits per heavy atom. The van der Waals surface area contributed by atoms with Gasteiger partial charge in [-0.25, -0.2) is 0 Å². The molecule has 100 valence electrons. The second kappa shape index (κ2) is 5.55. The SMILES string of the molecule is CCC1CCCCN1C(=O)c1cc(C(C)C)on1. The lowest BCUT2D eigenvalue weighted by Gasteiger charge is -2.34. The van der Waals surface area contributed by atoms with E-state index < -0.39 is 0 Å². The Hall–Kier alpha value is -1.32. The number of amides is 1. The lowest BCUT2D eigenvalue weighted by Crippen LogP contribution is -2.43. The molecule has 1 aromatic heterocycles. The summed E-state index contributed by atoms with van der Waals surface area (Å²) in [5, 5.41) is 3.92. The van der Waals surface area contributed by atoms with Crippen molar-refractivity contribution in [2.75, 3.05) is 6.54 Å². The van der Waals surface area contributed by atoms with Crippen LogP contribution in [0.4, 0.5) is 0 Å². The highest BCUT2D eigenvalue weighted by atomic mass is 16.5. The van der Waals surface area contributed by atoms with Crippen LogP contribution in [-0.2, 0) is 0 Å². The lowest BCUT2D eigenvalue weighted by molar-refractivity contribution is 0.0597. The number of nitrogens with zero attached hydrogens (tertiary/aromatic N) is 2. The number of carbonyl (C=O) groups is 1. The minimum absolute atomic E-state index is 0.0252. The van der Waals surface area contributed by atoms with Gasteiger partial charge in [0.15, 0.2) is 5.69 Å². The summed E-state index contributed by atoms with van der Waals surface area (Å²) in [4.78, 5) is 14.4. The second-order valence-corrected chi connectivity index (χ2v) is 5.33. The summed E-state index contributed by atoms with van der Waals surface area (Å²) in [6, 6.07) is 2.15. The normalized spacial score (nSPS) is 20.4. The van der Waals surface area contributed by atoms with E-state index in [0.29, 0.717) is 11.7 Å². The maximum absolute atomic E-state index is 12.4. The maximum atomic E-state index is 12.4. The third-order valence-corrected chi connectivity index (χ3v) is 3.68. The van der Waals surface area contributed by atoms with Gasteiger partial charge in [0.25, 0.3) is 5.91 Å². The van der Waals surface area contributed by atoms with Gasteiger partial charge in [-0.15, -0.1) is 0 Å². The van der Waals surface area contributed by atoms with Crippen LogP contribution < -0.4 is 0 Å². The summed E-state index contributed by atoms with van der Waals surface area (Å²) in [5.41, 5.74) is 0.457. The molecule has 0 aliphatic carbocycles.